The lowest BCUT2D eigenvalue weighted by Crippen LogP contribution is -2.17. The van der Waals surface area contributed by atoms with Gasteiger partial charge < -0.3 is 0 Å². The predicted octanol–water partition coefficient (Wildman–Crippen LogP) is 3.41. The minimum Gasteiger partial charge on any atom is -0.285 e. The monoisotopic (exact) mass is 342 g/mol. The zero-order chi connectivity index (χ0) is 17.8. The maximum Gasteiger partial charge on any atom is 0.229 e. The highest BCUT2D eigenvalue weighted by Crippen LogP contribution is 2.13. The zero-order valence-corrected chi connectivity index (χ0v) is 14.2. The Balaban J connectivity index is 1.60. The lowest BCUT2D eigenvalue weighted by Gasteiger charge is -2.09. The molecule has 0 N–H and O–H groups in total. The molecule has 0 atom stereocenters. The van der Waals surface area contributed by atoms with Crippen LogP contribution in [0.15, 0.2) is 85.2 Å². The van der Waals surface area contributed by atoms with Crippen LogP contribution in [0.25, 0.3) is 0 Å². The van der Waals surface area contributed by atoms with Crippen LogP contribution in [0.5, 0.6) is 0 Å². The SMILES string of the molecule is O=C(c1ccnn1Cc1ccccc1)c1ccnn1Cc1ccccc1. The quantitative estimate of drug-likeness (QED) is 0.505. The Morgan fingerprint density at radius 3 is 1.50 bits per heavy atom. The van der Waals surface area contributed by atoms with Crippen LogP contribution in [-0.4, -0.2) is 25.3 Å². The number of carbonyl (C=O) groups is 1. The molecule has 5 heteroatoms. The first-order chi connectivity index (χ1) is 12.8. The number of hydrogen-bond acceptors (Lipinski definition) is 3. The van der Waals surface area contributed by atoms with E-state index in [0.717, 1.165) is 11.1 Å². The largest absolute Gasteiger partial charge is 0.285 e. The van der Waals surface area contributed by atoms with Gasteiger partial charge in [-0.05, 0) is 23.3 Å². The molecule has 5 nitrogen and oxygen atoms in total. The van der Waals surface area contributed by atoms with E-state index in [2.05, 4.69) is 10.2 Å². The van der Waals surface area contributed by atoms with E-state index in [1.54, 1.807) is 33.9 Å². The molecule has 0 aliphatic carbocycles. The first kappa shape index (κ1) is 16.0. The van der Waals surface area contributed by atoms with Gasteiger partial charge in [0, 0.05) is 12.4 Å². The Morgan fingerprint density at radius 2 is 1.08 bits per heavy atom. The van der Waals surface area contributed by atoms with Gasteiger partial charge in [0.2, 0.25) is 5.78 Å². The summed E-state index contributed by atoms with van der Waals surface area (Å²) in [6.07, 6.45) is 3.32. The van der Waals surface area contributed by atoms with E-state index >= 15 is 0 Å². The lowest BCUT2D eigenvalue weighted by atomic mass is 10.2. The summed E-state index contributed by atoms with van der Waals surface area (Å²) in [6, 6.07) is 23.5. The minimum atomic E-state index is -0.0770. The van der Waals surface area contributed by atoms with E-state index in [4.69, 9.17) is 0 Å². The highest BCUT2D eigenvalue weighted by atomic mass is 16.1. The fourth-order valence-electron chi connectivity index (χ4n) is 2.95. The summed E-state index contributed by atoms with van der Waals surface area (Å²) < 4.78 is 3.47. The van der Waals surface area contributed by atoms with E-state index in [1.807, 2.05) is 60.7 Å². The van der Waals surface area contributed by atoms with Crippen molar-refractivity contribution in [3.05, 3.63) is 108 Å². The summed E-state index contributed by atoms with van der Waals surface area (Å²) in [7, 11) is 0. The van der Waals surface area contributed by atoms with E-state index < -0.39 is 0 Å². The molecule has 4 rings (SSSR count). The van der Waals surface area contributed by atoms with Gasteiger partial charge >= 0.3 is 0 Å². The van der Waals surface area contributed by atoms with Crippen molar-refractivity contribution in [3.8, 4) is 0 Å². The Morgan fingerprint density at radius 1 is 0.654 bits per heavy atom. The van der Waals surface area contributed by atoms with Crippen molar-refractivity contribution < 1.29 is 4.79 Å². The number of aromatic nitrogens is 4. The van der Waals surface area contributed by atoms with Crippen molar-refractivity contribution in [1.29, 1.82) is 0 Å². The molecule has 0 aliphatic rings. The average Bonchev–Trinajstić information content (AvgIpc) is 3.32. The van der Waals surface area contributed by atoms with E-state index in [0.29, 0.717) is 24.5 Å². The molecule has 2 aromatic heterocycles. The van der Waals surface area contributed by atoms with Crippen molar-refractivity contribution in [2.75, 3.05) is 0 Å². The second-order valence-corrected chi connectivity index (χ2v) is 6.05. The molecule has 2 aromatic carbocycles. The molecule has 0 saturated carbocycles. The number of carbonyl (C=O) groups excluding carboxylic acids is 1. The number of ketones is 1. The van der Waals surface area contributed by atoms with Gasteiger partial charge in [0.25, 0.3) is 0 Å². The smallest absolute Gasteiger partial charge is 0.229 e. The van der Waals surface area contributed by atoms with Crippen LogP contribution in [0, 0.1) is 0 Å². The highest BCUT2D eigenvalue weighted by molar-refractivity contribution is 6.06. The third kappa shape index (κ3) is 3.32. The van der Waals surface area contributed by atoms with Crippen LogP contribution in [0.4, 0.5) is 0 Å². The number of nitrogens with zero attached hydrogens (tertiary/aromatic N) is 4. The zero-order valence-electron chi connectivity index (χ0n) is 14.2. The molecule has 0 spiro atoms. The maximum atomic E-state index is 13.1. The summed E-state index contributed by atoms with van der Waals surface area (Å²) >= 11 is 0. The second kappa shape index (κ2) is 7.19. The van der Waals surface area contributed by atoms with Crippen molar-refractivity contribution in [2.24, 2.45) is 0 Å². The summed E-state index contributed by atoms with van der Waals surface area (Å²) in [5, 5.41) is 8.64. The number of rotatable bonds is 6. The normalized spacial score (nSPS) is 10.8. The first-order valence-corrected chi connectivity index (χ1v) is 8.47. The van der Waals surface area contributed by atoms with Gasteiger partial charge in [0.15, 0.2) is 0 Å². The topological polar surface area (TPSA) is 52.7 Å². The standard InChI is InChI=1S/C21H18N4O/c26-21(19-11-13-22-24(19)15-17-7-3-1-4-8-17)20-12-14-23-25(20)16-18-9-5-2-6-10-18/h1-14H,15-16H2. The molecule has 0 aliphatic heterocycles. The van der Waals surface area contributed by atoms with E-state index in [1.165, 1.54) is 0 Å². The van der Waals surface area contributed by atoms with Gasteiger partial charge in [0.1, 0.15) is 11.4 Å². The Hall–Kier alpha value is -3.47. The molecular formula is C21H18N4O. The maximum absolute atomic E-state index is 13.1. The van der Waals surface area contributed by atoms with Crippen LogP contribution in [0.1, 0.15) is 27.3 Å². The molecule has 128 valence electrons. The van der Waals surface area contributed by atoms with Crippen molar-refractivity contribution in [3.63, 3.8) is 0 Å². The first-order valence-electron chi connectivity index (χ1n) is 8.47. The van der Waals surface area contributed by atoms with E-state index in [-0.39, 0.29) is 5.78 Å². The summed E-state index contributed by atoms with van der Waals surface area (Å²) in [5.74, 6) is -0.0770. The van der Waals surface area contributed by atoms with Crippen LogP contribution in [0.3, 0.4) is 0 Å². The van der Waals surface area contributed by atoms with E-state index in [9.17, 15) is 4.79 Å². The molecule has 0 saturated heterocycles. The van der Waals surface area contributed by atoms with Crippen LogP contribution in [-0.2, 0) is 13.1 Å². The summed E-state index contributed by atoms with van der Waals surface area (Å²) in [6.45, 7) is 1.11. The number of hydrogen-bond donors (Lipinski definition) is 0. The fraction of sp³-hybridized carbons (Fsp3) is 0.0952. The van der Waals surface area contributed by atoms with Crippen LogP contribution in [0.2, 0.25) is 0 Å². The second-order valence-electron chi connectivity index (χ2n) is 6.05. The van der Waals surface area contributed by atoms with Crippen LogP contribution < -0.4 is 0 Å². The van der Waals surface area contributed by atoms with Crippen molar-refractivity contribution in [1.82, 2.24) is 19.6 Å². The van der Waals surface area contributed by atoms with Gasteiger partial charge in [0.05, 0.1) is 13.1 Å². The third-order valence-electron chi connectivity index (χ3n) is 4.25. The van der Waals surface area contributed by atoms with Crippen molar-refractivity contribution in [2.45, 2.75) is 13.1 Å². The van der Waals surface area contributed by atoms with Gasteiger partial charge in [-0.15, -0.1) is 0 Å². The van der Waals surface area contributed by atoms with Gasteiger partial charge in [-0.3, -0.25) is 14.2 Å². The third-order valence-corrected chi connectivity index (χ3v) is 4.25. The molecule has 0 bridgehead atoms. The molecule has 2 heterocycles. The predicted molar refractivity (Wildman–Crippen MR) is 99.0 cm³/mol. The van der Waals surface area contributed by atoms with Crippen molar-refractivity contribution >= 4 is 5.78 Å². The molecule has 0 unspecified atom stereocenters. The molecule has 0 amide bonds. The average molecular weight is 342 g/mol. The number of benzene rings is 2. The molecule has 4 aromatic rings. The van der Waals surface area contributed by atoms with Gasteiger partial charge in [-0.1, -0.05) is 60.7 Å². The lowest BCUT2D eigenvalue weighted by molar-refractivity contribution is 0.102. The summed E-state index contributed by atoms with van der Waals surface area (Å²) in [4.78, 5) is 13.1. The molecule has 0 radical (unpaired) electrons. The highest BCUT2D eigenvalue weighted by Gasteiger charge is 2.18. The Kier molecular flexibility index (Phi) is 4.43. The minimum absolute atomic E-state index is 0.0770. The Bertz CT molecular complexity index is 921. The van der Waals surface area contributed by atoms with Gasteiger partial charge in [-0.2, -0.15) is 10.2 Å². The van der Waals surface area contributed by atoms with Crippen LogP contribution >= 0.6 is 0 Å². The molecule has 0 fully saturated rings. The molecule has 26 heavy (non-hydrogen) atoms. The van der Waals surface area contributed by atoms with Gasteiger partial charge in [-0.25, -0.2) is 0 Å². The molecular weight excluding hydrogens is 324 g/mol. The fourth-order valence-corrected chi connectivity index (χ4v) is 2.95. The summed E-state index contributed by atoms with van der Waals surface area (Å²) in [5.41, 5.74) is 3.32. The Labute approximate surface area is 151 Å².